The van der Waals surface area contributed by atoms with Crippen LogP contribution in [0.2, 0.25) is 0 Å². The van der Waals surface area contributed by atoms with Crippen LogP contribution in [-0.2, 0) is 0 Å². The molecule has 0 radical (unpaired) electrons. The first-order chi connectivity index (χ1) is 16.1. The van der Waals surface area contributed by atoms with Crippen molar-refractivity contribution in [2.45, 2.75) is 6.92 Å². The van der Waals surface area contributed by atoms with E-state index in [0.29, 0.717) is 16.9 Å². The summed E-state index contributed by atoms with van der Waals surface area (Å²) in [4.78, 5) is 21.3. The summed E-state index contributed by atoms with van der Waals surface area (Å²) in [6.45, 7) is 1.96. The zero-order chi connectivity index (χ0) is 22.8. The van der Waals surface area contributed by atoms with Crippen molar-refractivity contribution in [2.75, 3.05) is 10.6 Å². The van der Waals surface area contributed by atoms with E-state index in [9.17, 15) is 9.90 Å². The molecule has 0 saturated heterocycles. The number of rotatable bonds is 5. The molecule has 0 spiro atoms. The van der Waals surface area contributed by atoms with Crippen molar-refractivity contribution >= 4 is 57.6 Å². The second-order valence-electron chi connectivity index (χ2n) is 7.60. The lowest BCUT2D eigenvalue weighted by Gasteiger charge is -2.13. The van der Waals surface area contributed by atoms with Crippen LogP contribution in [0.25, 0.3) is 21.5 Å². The van der Waals surface area contributed by atoms with Crippen LogP contribution < -0.4 is 10.6 Å². The number of pyridine rings is 1. The number of hydrogen-bond donors (Lipinski definition) is 3. The van der Waals surface area contributed by atoms with Gasteiger partial charge in [0.25, 0.3) is 5.91 Å². The number of halogens is 1. The van der Waals surface area contributed by atoms with E-state index in [1.807, 2.05) is 48.7 Å². The summed E-state index contributed by atoms with van der Waals surface area (Å²) in [5, 5.41) is 20.4. The number of aromatic nitrogens is 2. The Hall–Kier alpha value is -3.94. The Balaban J connectivity index is 0.00000274. The minimum absolute atomic E-state index is 0. The van der Waals surface area contributed by atoms with Gasteiger partial charge in [0, 0.05) is 51.7 Å². The summed E-state index contributed by atoms with van der Waals surface area (Å²) in [5.41, 5.74) is 5.38. The lowest BCUT2D eigenvalue weighted by molar-refractivity contribution is 0.102. The Kier molecular flexibility index (Phi) is 6.77. The fourth-order valence-electron chi connectivity index (χ4n) is 3.53. The third-order valence-corrected chi connectivity index (χ3v) is 6.08. The molecule has 0 aliphatic carbocycles. The van der Waals surface area contributed by atoms with Gasteiger partial charge in [0.1, 0.15) is 10.8 Å². The summed E-state index contributed by atoms with van der Waals surface area (Å²) in [6.07, 6.45) is 3.53. The number of aromatic hydroxyl groups is 1. The Morgan fingerprint density at radius 3 is 2.47 bits per heavy atom. The van der Waals surface area contributed by atoms with E-state index in [-0.39, 0.29) is 24.1 Å². The lowest BCUT2D eigenvalue weighted by Crippen LogP contribution is -2.11. The van der Waals surface area contributed by atoms with Crippen LogP contribution in [-0.4, -0.2) is 21.0 Å². The third kappa shape index (κ3) is 4.85. The van der Waals surface area contributed by atoms with E-state index in [0.717, 1.165) is 32.7 Å². The van der Waals surface area contributed by atoms with Crippen LogP contribution in [0, 0.1) is 6.92 Å². The fraction of sp³-hybridized carbons (Fsp3) is 0.0385. The molecule has 5 rings (SSSR count). The maximum absolute atomic E-state index is 12.5. The summed E-state index contributed by atoms with van der Waals surface area (Å²) >= 11 is 1.59. The van der Waals surface area contributed by atoms with Crippen LogP contribution in [0.1, 0.15) is 15.9 Å². The molecule has 0 bridgehead atoms. The van der Waals surface area contributed by atoms with Gasteiger partial charge in [-0.15, -0.1) is 23.7 Å². The van der Waals surface area contributed by atoms with Crippen LogP contribution in [0.3, 0.4) is 0 Å². The SMILES string of the molecule is Cc1ccc(C(=O)Nc2ccc(Nc3ccnc4cc(-c5nccs5)ccc34)cc2O)cc1.Cl. The van der Waals surface area contributed by atoms with Gasteiger partial charge in [-0.25, -0.2) is 4.98 Å². The number of carbonyl (C=O) groups is 1. The quantitative estimate of drug-likeness (QED) is 0.237. The normalized spacial score (nSPS) is 10.5. The third-order valence-electron chi connectivity index (χ3n) is 5.26. The molecule has 2 heterocycles. The molecular formula is C26H21ClN4O2S. The van der Waals surface area contributed by atoms with Crippen molar-refractivity contribution in [3.63, 3.8) is 0 Å². The van der Waals surface area contributed by atoms with E-state index in [4.69, 9.17) is 0 Å². The van der Waals surface area contributed by atoms with Crippen molar-refractivity contribution in [3.8, 4) is 16.3 Å². The first kappa shape index (κ1) is 23.2. The highest BCUT2D eigenvalue weighted by Crippen LogP contribution is 2.32. The minimum Gasteiger partial charge on any atom is -0.506 e. The molecule has 0 aliphatic rings. The smallest absolute Gasteiger partial charge is 0.255 e. The Morgan fingerprint density at radius 2 is 1.74 bits per heavy atom. The highest BCUT2D eigenvalue weighted by molar-refractivity contribution is 7.13. The Morgan fingerprint density at radius 1 is 0.912 bits per heavy atom. The lowest BCUT2D eigenvalue weighted by atomic mass is 10.1. The largest absolute Gasteiger partial charge is 0.506 e. The molecule has 170 valence electrons. The molecule has 0 unspecified atom stereocenters. The van der Waals surface area contributed by atoms with Crippen LogP contribution in [0.15, 0.2) is 84.5 Å². The highest BCUT2D eigenvalue weighted by Gasteiger charge is 2.11. The molecule has 0 atom stereocenters. The highest BCUT2D eigenvalue weighted by atomic mass is 35.5. The van der Waals surface area contributed by atoms with Crippen LogP contribution >= 0.6 is 23.7 Å². The first-order valence-corrected chi connectivity index (χ1v) is 11.2. The molecule has 1 amide bonds. The van der Waals surface area contributed by atoms with Crippen molar-refractivity contribution in [1.82, 2.24) is 9.97 Å². The molecule has 8 heteroatoms. The zero-order valence-corrected chi connectivity index (χ0v) is 19.8. The van der Waals surface area contributed by atoms with Gasteiger partial charge in [0.15, 0.2) is 0 Å². The van der Waals surface area contributed by atoms with Crippen molar-refractivity contribution in [3.05, 3.63) is 95.6 Å². The average Bonchev–Trinajstić information content (AvgIpc) is 3.36. The number of aryl methyl sites for hydroxylation is 1. The standard InChI is InChI=1S/C26H20N4O2S.ClH/c1-16-2-4-17(5-3-16)25(32)30-22-9-7-19(15-24(22)31)29-21-10-11-27-23-14-18(6-8-20(21)23)26-28-12-13-33-26;/h2-15,31H,1H3,(H,27,29)(H,30,32);1H. The van der Waals surface area contributed by atoms with Gasteiger partial charge in [0.05, 0.1) is 11.2 Å². The number of amides is 1. The van der Waals surface area contributed by atoms with Gasteiger partial charge >= 0.3 is 0 Å². The monoisotopic (exact) mass is 488 g/mol. The van der Waals surface area contributed by atoms with Gasteiger partial charge in [-0.2, -0.15) is 0 Å². The molecule has 0 saturated carbocycles. The Bertz CT molecular complexity index is 1450. The summed E-state index contributed by atoms with van der Waals surface area (Å²) in [7, 11) is 0. The van der Waals surface area contributed by atoms with E-state index in [1.165, 1.54) is 0 Å². The van der Waals surface area contributed by atoms with Gasteiger partial charge < -0.3 is 15.7 Å². The van der Waals surface area contributed by atoms with E-state index in [2.05, 4.69) is 20.6 Å². The van der Waals surface area contributed by atoms with Crippen molar-refractivity contribution in [1.29, 1.82) is 0 Å². The number of phenolic OH excluding ortho intramolecular Hbond substituents is 1. The minimum atomic E-state index is -0.276. The number of carbonyl (C=O) groups excluding carboxylic acids is 1. The maximum Gasteiger partial charge on any atom is 0.255 e. The molecule has 2 aromatic heterocycles. The number of nitrogens with one attached hydrogen (secondary N) is 2. The molecule has 0 fully saturated rings. The topological polar surface area (TPSA) is 87.1 Å². The van der Waals surface area contributed by atoms with E-state index in [1.54, 1.807) is 54.1 Å². The molecule has 3 aromatic carbocycles. The molecule has 6 nitrogen and oxygen atoms in total. The summed E-state index contributed by atoms with van der Waals surface area (Å²) < 4.78 is 0. The maximum atomic E-state index is 12.5. The van der Waals surface area contributed by atoms with Gasteiger partial charge in [-0.3, -0.25) is 9.78 Å². The van der Waals surface area contributed by atoms with Crippen LogP contribution in [0.5, 0.6) is 5.75 Å². The van der Waals surface area contributed by atoms with Gasteiger partial charge in [0.2, 0.25) is 0 Å². The average molecular weight is 489 g/mol. The van der Waals surface area contributed by atoms with Gasteiger partial charge in [-0.05, 0) is 43.3 Å². The summed E-state index contributed by atoms with van der Waals surface area (Å²) in [5.74, 6) is -0.299. The van der Waals surface area contributed by atoms with Gasteiger partial charge in [-0.1, -0.05) is 29.8 Å². The number of hydrogen-bond acceptors (Lipinski definition) is 6. The molecule has 34 heavy (non-hydrogen) atoms. The molecule has 3 N–H and O–H groups in total. The van der Waals surface area contributed by atoms with Crippen molar-refractivity contribution < 1.29 is 9.90 Å². The van der Waals surface area contributed by atoms with E-state index >= 15 is 0 Å². The number of thiazole rings is 1. The fourth-order valence-corrected chi connectivity index (χ4v) is 4.16. The molecule has 5 aromatic rings. The van der Waals surface area contributed by atoms with Crippen LogP contribution in [0.4, 0.5) is 17.1 Å². The summed E-state index contributed by atoms with van der Waals surface area (Å²) in [6, 6.07) is 20.3. The number of phenols is 1. The Labute approximate surface area is 206 Å². The number of benzene rings is 3. The van der Waals surface area contributed by atoms with Crippen molar-refractivity contribution in [2.24, 2.45) is 0 Å². The molecular weight excluding hydrogens is 468 g/mol. The number of nitrogens with zero attached hydrogens (tertiary/aromatic N) is 2. The zero-order valence-electron chi connectivity index (χ0n) is 18.1. The van der Waals surface area contributed by atoms with E-state index < -0.39 is 0 Å². The second kappa shape index (κ2) is 9.91. The molecule has 0 aliphatic heterocycles. The number of anilines is 3. The second-order valence-corrected chi connectivity index (χ2v) is 8.50. The number of fused-ring (bicyclic) bond motifs is 1. The first-order valence-electron chi connectivity index (χ1n) is 10.3. The predicted octanol–water partition coefficient (Wildman–Crippen LogP) is 6.79. The predicted molar refractivity (Wildman–Crippen MR) is 141 cm³/mol.